The van der Waals surface area contributed by atoms with Crippen LogP contribution in [0.2, 0.25) is 0 Å². The number of carbonyl (C=O) groups excluding carboxylic acids is 1. The molecule has 0 aromatic carbocycles. The predicted octanol–water partition coefficient (Wildman–Crippen LogP) is 1.76. The first kappa shape index (κ1) is 16.9. The fourth-order valence-corrected chi connectivity index (χ4v) is 4.03. The molecule has 1 aliphatic heterocycles. The number of rotatable bonds is 3. The molecule has 26 heavy (non-hydrogen) atoms. The van der Waals surface area contributed by atoms with E-state index in [1.54, 1.807) is 18.3 Å². The summed E-state index contributed by atoms with van der Waals surface area (Å²) in [6.07, 6.45) is 3.46. The van der Waals surface area contributed by atoms with Crippen LogP contribution in [0.25, 0.3) is 4.96 Å². The highest BCUT2D eigenvalue weighted by molar-refractivity contribution is 7.16. The monoisotopic (exact) mass is 371 g/mol. The molecule has 136 valence electrons. The second-order valence-corrected chi connectivity index (χ2v) is 7.64. The van der Waals surface area contributed by atoms with E-state index in [9.17, 15) is 4.79 Å². The van der Waals surface area contributed by atoms with Gasteiger partial charge in [-0.3, -0.25) is 4.79 Å². The summed E-state index contributed by atoms with van der Waals surface area (Å²) in [4.78, 5) is 28.3. The molecule has 4 heterocycles. The summed E-state index contributed by atoms with van der Waals surface area (Å²) < 4.78 is 1.81. The van der Waals surface area contributed by atoms with Gasteiger partial charge in [0.25, 0.3) is 0 Å². The number of aryl methyl sites for hydroxylation is 2. The van der Waals surface area contributed by atoms with Crippen molar-refractivity contribution in [3.63, 3.8) is 0 Å². The maximum Gasteiger partial charge on any atom is 0.219 e. The van der Waals surface area contributed by atoms with Gasteiger partial charge in [-0.05, 0) is 20.3 Å². The highest BCUT2D eigenvalue weighted by Gasteiger charge is 2.20. The van der Waals surface area contributed by atoms with Crippen molar-refractivity contribution in [2.45, 2.75) is 40.2 Å². The Balaban J connectivity index is 1.55. The number of amides is 1. The lowest BCUT2D eigenvalue weighted by molar-refractivity contribution is -0.128. The predicted molar refractivity (Wildman–Crippen MR) is 99.4 cm³/mol. The summed E-state index contributed by atoms with van der Waals surface area (Å²) in [5, 5.41) is 8.80. The number of imidazole rings is 1. The number of anilines is 1. The van der Waals surface area contributed by atoms with E-state index in [0.29, 0.717) is 19.6 Å². The van der Waals surface area contributed by atoms with Crippen molar-refractivity contribution in [1.29, 1.82) is 0 Å². The van der Waals surface area contributed by atoms with E-state index in [1.165, 1.54) is 0 Å². The smallest absolute Gasteiger partial charge is 0.219 e. The van der Waals surface area contributed by atoms with Gasteiger partial charge in [0.05, 0.1) is 24.1 Å². The standard InChI is InChI=1S/C17H21N7OS/c1-10-19-15-5-7-23(12(3)25)6-4-14(15)16(20-10)18-8-13-9-24-17(21-13)26-11(2)22-24/h9H,4-8H2,1-3H3,(H,18,19,20). The van der Waals surface area contributed by atoms with E-state index >= 15 is 0 Å². The van der Waals surface area contributed by atoms with Gasteiger partial charge in [-0.15, -0.1) is 0 Å². The van der Waals surface area contributed by atoms with E-state index in [2.05, 4.69) is 25.4 Å². The Hall–Kier alpha value is -2.55. The van der Waals surface area contributed by atoms with E-state index < -0.39 is 0 Å². The second-order valence-electron chi connectivity index (χ2n) is 6.48. The lowest BCUT2D eigenvalue weighted by Gasteiger charge is -2.17. The highest BCUT2D eigenvalue weighted by Crippen LogP contribution is 2.22. The maximum absolute atomic E-state index is 11.7. The van der Waals surface area contributed by atoms with Crippen LogP contribution in [0.4, 0.5) is 5.82 Å². The zero-order valence-electron chi connectivity index (χ0n) is 15.1. The molecule has 8 nitrogen and oxygen atoms in total. The first-order chi connectivity index (χ1) is 12.5. The van der Waals surface area contributed by atoms with Crippen molar-refractivity contribution >= 4 is 28.0 Å². The van der Waals surface area contributed by atoms with Crippen molar-refractivity contribution in [3.8, 4) is 0 Å². The minimum Gasteiger partial charge on any atom is -0.364 e. The fraction of sp³-hybridized carbons (Fsp3) is 0.471. The van der Waals surface area contributed by atoms with Crippen molar-refractivity contribution in [1.82, 2.24) is 29.5 Å². The normalized spacial score (nSPS) is 14.3. The van der Waals surface area contributed by atoms with Crippen LogP contribution >= 0.6 is 11.3 Å². The molecule has 0 fully saturated rings. The number of nitrogens with zero attached hydrogens (tertiary/aromatic N) is 6. The van der Waals surface area contributed by atoms with Crippen molar-refractivity contribution < 1.29 is 4.79 Å². The van der Waals surface area contributed by atoms with Gasteiger partial charge in [0.15, 0.2) is 0 Å². The molecule has 0 atom stereocenters. The summed E-state index contributed by atoms with van der Waals surface area (Å²) in [6, 6.07) is 0. The van der Waals surface area contributed by atoms with Crippen molar-refractivity contribution in [3.05, 3.63) is 34.0 Å². The maximum atomic E-state index is 11.7. The molecule has 9 heteroatoms. The largest absolute Gasteiger partial charge is 0.364 e. The molecule has 1 N–H and O–H groups in total. The lowest BCUT2D eigenvalue weighted by Crippen LogP contribution is -2.31. The quantitative estimate of drug-likeness (QED) is 0.755. The third-order valence-corrected chi connectivity index (χ3v) is 5.37. The van der Waals surface area contributed by atoms with Crippen LogP contribution in [-0.2, 0) is 24.2 Å². The van der Waals surface area contributed by atoms with E-state index in [0.717, 1.165) is 51.4 Å². The molecule has 0 saturated heterocycles. The van der Waals surface area contributed by atoms with Gasteiger partial charge in [0.2, 0.25) is 10.9 Å². The Morgan fingerprint density at radius 2 is 2.04 bits per heavy atom. The van der Waals surface area contributed by atoms with Crippen LogP contribution in [0.1, 0.15) is 34.7 Å². The number of hydrogen-bond acceptors (Lipinski definition) is 7. The molecule has 0 bridgehead atoms. The molecule has 0 aliphatic carbocycles. The Bertz CT molecular complexity index is 946. The molecule has 0 saturated carbocycles. The van der Waals surface area contributed by atoms with Gasteiger partial charge in [-0.25, -0.2) is 19.5 Å². The third-order valence-electron chi connectivity index (χ3n) is 4.53. The Kier molecular flexibility index (Phi) is 4.31. The van der Waals surface area contributed by atoms with Crippen molar-refractivity contribution in [2.24, 2.45) is 0 Å². The van der Waals surface area contributed by atoms with Crippen LogP contribution in [0.15, 0.2) is 6.20 Å². The minimum atomic E-state index is 0.109. The van der Waals surface area contributed by atoms with Gasteiger partial charge >= 0.3 is 0 Å². The Labute approximate surface area is 155 Å². The van der Waals surface area contributed by atoms with Gasteiger partial charge < -0.3 is 10.2 Å². The summed E-state index contributed by atoms with van der Waals surface area (Å²) in [5.41, 5.74) is 3.06. The Morgan fingerprint density at radius 3 is 2.81 bits per heavy atom. The number of hydrogen-bond donors (Lipinski definition) is 1. The summed E-state index contributed by atoms with van der Waals surface area (Å²) in [7, 11) is 0. The first-order valence-electron chi connectivity index (χ1n) is 8.67. The number of carbonyl (C=O) groups is 1. The lowest BCUT2D eigenvalue weighted by atomic mass is 10.1. The van der Waals surface area contributed by atoms with Gasteiger partial charge in [0.1, 0.15) is 16.6 Å². The molecule has 4 rings (SSSR count). The van der Waals surface area contributed by atoms with E-state index in [1.807, 2.05) is 29.5 Å². The summed E-state index contributed by atoms with van der Waals surface area (Å²) >= 11 is 1.58. The molecule has 0 radical (unpaired) electrons. The van der Waals surface area contributed by atoms with Gasteiger partial charge in [-0.2, -0.15) is 5.10 Å². The first-order valence-corrected chi connectivity index (χ1v) is 9.48. The zero-order chi connectivity index (χ0) is 18.3. The molecule has 0 spiro atoms. The van der Waals surface area contributed by atoms with E-state index in [4.69, 9.17) is 0 Å². The minimum absolute atomic E-state index is 0.109. The fourth-order valence-electron chi connectivity index (χ4n) is 3.29. The molecule has 3 aromatic rings. The highest BCUT2D eigenvalue weighted by atomic mass is 32.1. The third kappa shape index (κ3) is 3.26. The molecular weight excluding hydrogens is 350 g/mol. The Morgan fingerprint density at radius 1 is 1.23 bits per heavy atom. The van der Waals surface area contributed by atoms with Crippen LogP contribution < -0.4 is 5.32 Å². The average molecular weight is 371 g/mol. The van der Waals surface area contributed by atoms with Crippen LogP contribution in [-0.4, -0.2) is 48.5 Å². The van der Waals surface area contributed by atoms with Crippen LogP contribution in [0, 0.1) is 13.8 Å². The van der Waals surface area contributed by atoms with Gasteiger partial charge in [-0.1, -0.05) is 11.3 Å². The van der Waals surface area contributed by atoms with Crippen LogP contribution in [0.5, 0.6) is 0 Å². The SMILES string of the molecule is CC(=O)N1CCc2nc(C)nc(NCc3cn4nc(C)sc4n3)c2CC1. The summed E-state index contributed by atoms with van der Waals surface area (Å²) in [5.74, 6) is 1.70. The number of fused-ring (bicyclic) bond motifs is 2. The van der Waals surface area contributed by atoms with Crippen molar-refractivity contribution in [2.75, 3.05) is 18.4 Å². The molecule has 3 aromatic heterocycles. The molecule has 1 aliphatic rings. The number of aromatic nitrogens is 5. The molecular formula is C17H21N7OS. The number of nitrogens with one attached hydrogen (secondary N) is 1. The molecule has 1 amide bonds. The van der Waals surface area contributed by atoms with E-state index in [-0.39, 0.29) is 5.91 Å². The molecule has 0 unspecified atom stereocenters. The average Bonchev–Trinajstić information content (AvgIpc) is 3.01. The second kappa shape index (κ2) is 6.64. The van der Waals surface area contributed by atoms with Crippen LogP contribution in [0.3, 0.4) is 0 Å². The summed E-state index contributed by atoms with van der Waals surface area (Å²) in [6.45, 7) is 7.48. The van der Waals surface area contributed by atoms with Gasteiger partial charge in [0, 0.05) is 32.0 Å². The zero-order valence-corrected chi connectivity index (χ0v) is 15.9. The topological polar surface area (TPSA) is 88.3 Å².